The van der Waals surface area contributed by atoms with Crippen molar-refractivity contribution in [1.29, 1.82) is 0 Å². The Labute approximate surface area is 146 Å². The molecule has 0 bridgehead atoms. The number of aromatic amines is 1. The zero-order chi connectivity index (χ0) is 17.1. The molecule has 1 aromatic heterocycles. The minimum atomic E-state index is -0.238. The number of morpholine rings is 1. The van der Waals surface area contributed by atoms with Crippen LogP contribution in [0.15, 0.2) is 60.8 Å². The SMILES string of the molecule is Fc1ccc(-c2cnc([C@@H]3COCCN3Cc3ccccc3)[nH]2)cc1. The van der Waals surface area contributed by atoms with Crippen LogP contribution in [0, 0.1) is 5.82 Å². The van der Waals surface area contributed by atoms with E-state index in [0.717, 1.165) is 36.8 Å². The molecule has 2 aromatic carbocycles. The monoisotopic (exact) mass is 337 g/mol. The summed E-state index contributed by atoms with van der Waals surface area (Å²) in [6.45, 7) is 3.08. The summed E-state index contributed by atoms with van der Waals surface area (Å²) < 4.78 is 18.8. The fourth-order valence-electron chi connectivity index (χ4n) is 3.18. The van der Waals surface area contributed by atoms with Crippen molar-refractivity contribution in [1.82, 2.24) is 14.9 Å². The summed E-state index contributed by atoms with van der Waals surface area (Å²) in [4.78, 5) is 10.3. The zero-order valence-electron chi connectivity index (χ0n) is 13.9. The van der Waals surface area contributed by atoms with Crippen molar-refractivity contribution in [3.05, 3.63) is 78.0 Å². The van der Waals surface area contributed by atoms with Crippen molar-refractivity contribution in [3.63, 3.8) is 0 Å². The Balaban J connectivity index is 1.55. The molecule has 2 heterocycles. The van der Waals surface area contributed by atoms with Gasteiger partial charge in [0.1, 0.15) is 11.6 Å². The molecule has 0 unspecified atom stereocenters. The van der Waals surface area contributed by atoms with Crippen LogP contribution >= 0.6 is 0 Å². The summed E-state index contributed by atoms with van der Waals surface area (Å²) in [6.07, 6.45) is 1.80. The Morgan fingerprint density at radius 2 is 1.92 bits per heavy atom. The molecule has 1 fully saturated rings. The highest BCUT2D eigenvalue weighted by Crippen LogP contribution is 2.26. The van der Waals surface area contributed by atoms with Gasteiger partial charge in [0.2, 0.25) is 0 Å². The highest BCUT2D eigenvalue weighted by molar-refractivity contribution is 5.58. The second-order valence-corrected chi connectivity index (χ2v) is 6.24. The highest BCUT2D eigenvalue weighted by atomic mass is 19.1. The first-order valence-corrected chi connectivity index (χ1v) is 8.46. The maximum Gasteiger partial charge on any atom is 0.126 e. The first-order valence-electron chi connectivity index (χ1n) is 8.46. The number of rotatable bonds is 4. The van der Waals surface area contributed by atoms with E-state index in [4.69, 9.17) is 4.74 Å². The first kappa shape index (κ1) is 16.0. The molecule has 0 aliphatic carbocycles. The van der Waals surface area contributed by atoms with Gasteiger partial charge in [-0.05, 0) is 35.4 Å². The summed E-state index contributed by atoms with van der Waals surface area (Å²) >= 11 is 0. The van der Waals surface area contributed by atoms with Crippen LogP contribution in [-0.2, 0) is 11.3 Å². The predicted octanol–water partition coefficient (Wildman–Crippen LogP) is 3.79. The standard InChI is InChI=1S/C20H20FN3O/c21-17-8-6-16(7-9-17)18-12-22-20(23-18)19-14-25-11-10-24(19)13-15-4-2-1-3-5-15/h1-9,12,19H,10-11,13-14H2,(H,22,23)/t19-/m0/s1. The minimum absolute atomic E-state index is 0.0863. The molecule has 3 aromatic rings. The van der Waals surface area contributed by atoms with Gasteiger partial charge in [-0.15, -0.1) is 0 Å². The molecule has 25 heavy (non-hydrogen) atoms. The van der Waals surface area contributed by atoms with Crippen molar-refractivity contribution in [2.45, 2.75) is 12.6 Å². The van der Waals surface area contributed by atoms with Gasteiger partial charge in [-0.3, -0.25) is 4.90 Å². The Bertz CT molecular complexity index is 816. The van der Waals surface area contributed by atoms with Crippen molar-refractivity contribution < 1.29 is 9.13 Å². The summed E-state index contributed by atoms with van der Waals surface area (Å²) in [6, 6.07) is 16.9. The Hall–Kier alpha value is -2.50. The molecule has 5 heteroatoms. The molecule has 4 nitrogen and oxygen atoms in total. The van der Waals surface area contributed by atoms with Gasteiger partial charge in [0.25, 0.3) is 0 Å². The van der Waals surface area contributed by atoms with E-state index < -0.39 is 0 Å². The molecule has 1 aliphatic rings. The number of imidazole rings is 1. The number of halogens is 1. The molecule has 1 aliphatic heterocycles. The van der Waals surface area contributed by atoms with Crippen LogP contribution < -0.4 is 0 Å². The van der Waals surface area contributed by atoms with E-state index in [-0.39, 0.29) is 11.9 Å². The highest BCUT2D eigenvalue weighted by Gasteiger charge is 2.27. The molecule has 0 spiro atoms. The van der Waals surface area contributed by atoms with E-state index in [0.29, 0.717) is 6.61 Å². The molecule has 0 amide bonds. The van der Waals surface area contributed by atoms with Crippen LogP contribution in [0.4, 0.5) is 4.39 Å². The van der Waals surface area contributed by atoms with Crippen LogP contribution in [0.5, 0.6) is 0 Å². The van der Waals surface area contributed by atoms with Gasteiger partial charge in [-0.25, -0.2) is 9.37 Å². The summed E-state index contributed by atoms with van der Waals surface area (Å²) in [7, 11) is 0. The predicted molar refractivity (Wildman–Crippen MR) is 94.4 cm³/mol. The molecule has 0 radical (unpaired) electrons. The van der Waals surface area contributed by atoms with Gasteiger partial charge in [0.15, 0.2) is 0 Å². The van der Waals surface area contributed by atoms with Gasteiger partial charge >= 0.3 is 0 Å². The van der Waals surface area contributed by atoms with Gasteiger partial charge < -0.3 is 9.72 Å². The summed E-state index contributed by atoms with van der Waals surface area (Å²) in [5.74, 6) is 0.646. The second kappa shape index (κ2) is 7.17. The smallest absolute Gasteiger partial charge is 0.126 e. The Morgan fingerprint density at radius 3 is 2.72 bits per heavy atom. The number of nitrogens with one attached hydrogen (secondary N) is 1. The number of benzene rings is 2. The molecule has 128 valence electrons. The van der Waals surface area contributed by atoms with Crippen molar-refractivity contribution in [3.8, 4) is 11.3 Å². The zero-order valence-corrected chi connectivity index (χ0v) is 13.9. The van der Waals surface area contributed by atoms with E-state index in [1.165, 1.54) is 17.7 Å². The van der Waals surface area contributed by atoms with E-state index in [1.54, 1.807) is 18.3 Å². The molecule has 1 N–H and O–H groups in total. The number of hydrogen-bond donors (Lipinski definition) is 1. The first-order chi connectivity index (χ1) is 12.3. The number of aromatic nitrogens is 2. The van der Waals surface area contributed by atoms with E-state index in [9.17, 15) is 4.39 Å². The maximum atomic E-state index is 13.1. The van der Waals surface area contributed by atoms with Crippen LogP contribution in [0.3, 0.4) is 0 Å². The van der Waals surface area contributed by atoms with E-state index >= 15 is 0 Å². The number of ether oxygens (including phenoxy) is 1. The third kappa shape index (κ3) is 3.62. The van der Waals surface area contributed by atoms with Gasteiger partial charge in [0, 0.05) is 13.1 Å². The summed E-state index contributed by atoms with van der Waals surface area (Å²) in [5.41, 5.74) is 3.09. The van der Waals surface area contributed by atoms with E-state index in [2.05, 4.69) is 39.1 Å². The average Bonchev–Trinajstić information content (AvgIpc) is 3.14. The van der Waals surface area contributed by atoms with Crippen LogP contribution in [0.2, 0.25) is 0 Å². The number of nitrogens with zero attached hydrogens (tertiary/aromatic N) is 2. The quantitative estimate of drug-likeness (QED) is 0.787. The molecular formula is C20H20FN3O. The molecule has 1 atom stereocenters. The Kier molecular flexibility index (Phi) is 4.59. The van der Waals surface area contributed by atoms with Gasteiger partial charge in [0.05, 0.1) is 31.1 Å². The van der Waals surface area contributed by atoms with Gasteiger partial charge in [-0.2, -0.15) is 0 Å². The minimum Gasteiger partial charge on any atom is -0.378 e. The molecule has 1 saturated heterocycles. The lowest BCUT2D eigenvalue weighted by molar-refractivity contribution is -0.0156. The number of hydrogen-bond acceptors (Lipinski definition) is 3. The Morgan fingerprint density at radius 1 is 1.12 bits per heavy atom. The largest absolute Gasteiger partial charge is 0.378 e. The lowest BCUT2D eigenvalue weighted by Gasteiger charge is -2.34. The fraction of sp³-hybridized carbons (Fsp3) is 0.250. The average molecular weight is 337 g/mol. The third-order valence-corrected chi connectivity index (χ3v) is 4.53. The van der Waals surface area contributed by atoms with Crippen molar-refractivity contribution in [2.75, 3.05) is 19.8 Å². The van der Waals surface area contributed by atoms with E-state index in [1.807, 2.05) is 6.07 Å². The topological polar surface area (TPSA) is 41.1 Å². The fourth-order valence-corrected chi connectivity index (χ4v) is 3.18. The van der Waals surface area contributed by atoms with Gasteiger partial charge in [-0.1, -0.05) is 30.3 Å². The van der Waals surface area contributed by atoms with Crippen molar-refractivity contribution >= 4 is 0 Å². The summed E-state index contributed by atoms with van der Waals surface area (Å²) in [5, 5.41) is 0. The number of H-pyrrole nitrogens is 1. The normalized spacial score (nSPS) is 18.4. The second-order valence-electron chi connectivity index (χ2n) is 6.24. The molecule has 0 saturated carbocycles. The van der Waals surface area contributed by atoms with Crippen LogP contribution in [0.25, 0.3) is 11.3 Å². The van der Waals surface area contributed by atoms with Crippen LogP contribution in [-0.4, -0.2) is 34.6 Å². The molecular weight excluding hydrogens is 317 g/mol. The van der Waals surface area contributed by atoms with Crippen LogP contribution in [0.1, 0.15) is 17.4 Å². The third-order valence-electron chi connectivity index (χ3n) is 4.53. The maximum absolute atomic E-state index is 13.1. The lowest BCUT2D eigenvalue weighted by Crippen LogP contribution is -2.39. The van der Waals surface area contributed by atoms with Crippen molar-refractivity contribution in [2.24, 2.45) is 0 Å². The lowest BCUT2D eigenvalue weighted by atomic mass is 10.1. The molecule has 4 rings (SSSR count).